The van der Waals surface area contributed by atoms with E-state index in [9.17, 15) is 0 Å². The monoisotopic (exact) mass is 288 g/mol. The Morgan fingerprint density at radius 2 is 1.95 bits per heavy atom. The first-order valence-electron chi connectivity index (χ1n) is 7.45. The highest BCUT2D eigenvalue weighted by atomic mass is 16.5. The number of benzene rings is 1. The molecule has 0 aliphatic heterocycles. The molecule has 0 bridgehead atoms. The quantitative estimate of drug-likeness (QED) is 0.849. The van der Waals surface area contributed by atoms with Crippen LogP contribution in [0.2, 0.25) is 0 Å². The molecule has 2 rings (SSSR count). The van der Waals surface area contributed by atoms with Crippen LogP contribution in [0, 0.1) is 13.8 Å². The van der Waals surface area contributed by atoms with Crippen molar-refractivity contribution >= 4 is 0 Å². The molecule has 0 saturated heterocycles. The fraction of sp³-hybridized carbons (Fsp3) is 0.500. The molecule has 0 amide bonds. The lowest BCUT2D eigenvalue weighted by molar-refractivity contribution is 0.282. The molecule has 1 aromatic carbocycles. The first-order chi connectivity index (χ1) is 10.2. The van der Waals surface area contributed by atoms with Gasteiger partial charge in [-0.3, -0.25) is 0 Å². The minimum absolute atomic E-state index is 0.442. The molecule has 0 aliphatic rings. The van der Waals surface area contributed by atoms with Gasteiger partial charge in [0, 0.05) is 6.54 Å². The van der Waals surface area contributed by atoms with E-state index in [4.69, 9.17) is 10.5 Å². The minimum Gasteiger partial charge on any atom is -0.485 e. The van der Waals surface area contributed by atoms with E-state index in [1.165, 1.54) is 5.56 Å². The maximum Gasteiger partial charge on any atom is 0.164 e. The molecule has 1 aromatic heterocycles. The Labute approximate surface area is 126 Å². The molecule has 0 saturated carbocycles. The first-order valence-corrected chi connectivity index (χ1v) is 7.45. The van der Waals surface area contributed by atoms with Crippen molar-refractivity contribution in [3.8, 4) is 5.75 Å². The van der Waals surface area contributed by atoms with Gasteiger partial charge in [-0.15, -0.1) is 0 Å². The van der Waals surface area contributed by atoms with Crippen LogP contribution in [0.3, 0.4) is 0 Å². The summed E-state index contributed by atoms with van der Waals surface area (Å²) in [6.07, 6.45) is 3.51. The Kier molecular flexibility index (Phi) is 5.33. The third-order valence-corrected chi connectivity index (χ3v) is 3.43. The van der Waals surface area contributed by atoms with Crippen LogP contribution in [-0.4, -0.2) is 21.3 Å². The maximum absolute atomic E-state index is 5.98. The SMILES string of the molecule is CCCn1ncnc1COc1c(C)cc(CCN)cc1C. The number of hydrogen-bond donors (Lipinski definition) is 1. The van der Waals surface area contributed by atoms with Crippen LogP contribution in [0.5, 0.6) is 5.75 Å². The molecule has 0 atom stereocenters. The van der Waals surface area contributed by atoms with Crippen molar-refractivity contribution in [1.82, 2.24) is 14.8 Å². The lowest BCUT2D eigenvalue weighted by Crippen LogP contribution is -2.10. The molecule has 0 aliphatic carbocycles. The Morgan fingerprint density at radius 1 is 1.24 bits per heavy atom. The zero-order chi connectivity index (χ0) is 15.2. The summed E-state index contributed by atoms with van der Waals surface area (Å²) in [6.45, 7) is 8.23. The molecular weight excluding hydrogens is 264 g/mol. The summed E-state index contributed by atoms with van der Waals surface area (Å²) < 4.78 is 7.87. The molecule has 2 aromatic rings. The van der Waals surface area contributed by atoms with Crippen LogP contribution in [0.15, 0.2) is 18.5 Å². The van der Waals surface area contributed by atoms with Gasteiger partial charge >= 0.3 is 0 Å². The van der Waals surface area contributed by atoms with Gasteiger partial charge in [0.15, 0.2) is 5.82 Å². The van der Waals surface area contributed by atoms with E-state index in [1.807, 2.05) is 4.68 Å². The summed E-state index contributed by atoms with van der Waals surface area (Å²) in [7, 11) is 0. The number of aryl methyl sites for hydroxylation is 3. The van der Waals surface area contributed by atoms with E-state index >= 15 is 0 Å². The lowest BCUT2D eigenvalue weighted by Gasteiger charge is -2.14. The lowest BCUT2D eigenvalue weighted by atomic mass is 10.0. The van der Waals surface area contributed by atoms with E-state index in [1.54, 1.807) is 6.33 Å². The number of aromatic nitrogens is 3. The highest BCUT2D eigenvalue weighted by Crippen LogP contribution is 2.25. The number of rotatable bonds is 7. The van der Waals surface area contributed by atoms with Crippen molar-refractivity contribution in [1.29, 1.82) is 0 Å². The van der Waals surface area contributed by atoms with Gasteiger partial charge in [-0.05, 0) is 49.9 Å². The van der Waals surface area contributed by atoms with Crippen LogP contribution in [0.25, 0.3) is 0 Å². The maximum atomic E-state index is 5.98. The van der Waals surface area contributed by atoms with Crippen LogP contribution >= 0.6 is 0 Å². The molecule has 0 fully saturated rings. The fourth-order valence-corrected chi connectivity index (χ4v) is 2.51. The number of nitrogens with zero attached hydrogens (tertiary/aromatic N) is 3. The average Bonchev–Trinajstić information content (AvgIpc) is 2.86. The molecule has 2 N–H and O–H groups in total. The second-order valence-electron chi connectivity index (χ2n) is 5.29. The summed E-state index contributed by atoms with van der Waals surface area (Å²) in [4.78, 5) is 4.27. The van der Waals surface area contributed by atoms with Crippen molar-refractivity contribution in [2.75, 3.05) is 6.54 Å². The predicted octanol–water partition coefficient (Wildman–Crippen LogP) is 2.39. The standard InChI is InChI=1S/C16H24N4O/c1-4-7-20-15(18-11-19-20)10-21-16-12(2)8-14(5-6-17)9-13(16)3/h8-9,11H,4-7,10,17H2,1-3H3. The van der Waals surface area contributed by atoms with Gasteiger partial charge in [0.05, 0.1) is 0 Å². The summed E-state index contributed by atoms with van der Waals surface area (Å²) in [5.41, 5.74) is 9.15. The molecular formula is C16H24N4O. The first kappa shape index (κ1) is 15.5. The average molecular weight is 288 g/mol. The van der Waals surface area contributed by atoms with Crippen molar-refractivity contribution in [2.24, 2.45) is 5.73 Å². The Hall–Kier alpha value is -1.88. The molecule has 0 radical (unpaired) electrons. The second kappa shape index (κ2) is 7.22. The van der Waals surface area contributed by atoms with E-state index in [-0.39, 0.29) is 0 Å². The van der Waals surface area contributed by atoms with Crippen molar-refractivity contribution < 1.29 is 4.74 Å². The van der Waals surface area contributed by atoms with Crippen LogP contribution in [-0.2, 0) is 19.6 Å². The summed E-state index contributed by atoms with van der Waals surface area (Å²) >= 11 is 0. The van der Waals surface area contributed by atoms with E-state index in [2.05, 4.69) is 43.0 Å². The summed E-state index contributed by atoms with van der Waals surface area (Å²) in [5, 5.41) is 4.21. The van der Waals surface area contributed by atoms with Gasteiger partial charge in [-0.25, -0.2) is 9.67 Å². The van der Waals surface area contributed by atoms with Crippen LogP contribution in [0.1, 0.15) is 35.9 Å². The molecule has 0 unspecified atom stereocenters. The van der Waals surface area contributed by atoms with Crippen molar-refractivity contribution in [3.63, 3.8) is 0 Å². The van der Waals surface area contributed by atoms with Crippen molar-refractivity contribution in [3.05, 3.63) is 41.0 Å². The second-order valence-corrected chi connectivity index (χ2v) is 5.29. The summed E-state index contributed by atoms with van der Waals surface area (Å²) in [6, 6.07) is 4.29. The topological polar surface area (TPSA) is 66.0 Å². The predicted molar refractivity (Wildman–Crippen MR) is 83.3 cm³/mol. The highest BCUT2D eigenvalue weighted by molar-refractivity contribution is 5.43. The van der Waals surface area contributed by atoms with Crippen LogP contribution in [0.4, 0.5) is 0 Å². The van der Waals surface area contributed by atoms with Gasteiger partial charge in [-0.2, -0.15) is 5.10 Å². The van der Waals surface area contributed by atoms with E-state index in [0.717, 1.165) is 42.1 Å². The molecule has 1 heterocycles. The zero-order valence-electron chi connectivity index (χ0n) is 13.1. The van der Waals surface area contributed by atoms with Gasteiger partial charge in [0.1, 0.15) is 18.7 Å². The largest absolute Gasteiger partial charge is 0.485 e. The molecule has 5 heteroatoms. The van der Waals surface area contributed by atoms with Crippen LogP contribution < -0.4 is 10.5 Å². The van der Waals surface area contributed by atoms with Gasteiger partial charge in [0.2, 0.25) is 0 Å². The normalized spacial score (nSPS) is 10.9. The molecule has 0 spiro atoms. The number of nitrogens with two attached hydrogens (primary N) is 1. The van der Waals surface area contributed by atoms with Gasteiger partial charge in [0.25, 0.3) is 0 Å². The molecule has 21 heavy (non-hydrogen) atoms. The highest BCUT2D eigenvalue weighted by Gasteiger charge is 2.09. The van der Waals surface area contributed by atoms with Gasteiger partial charge in [-0.1, -0.05) is 19.1 Å². The third-order valence-electron chi connectivity index (χ3n) is 3.43. The minimum atomic E-state index is 0.442. The molecule has 5 nitrogen and oxygen atoms in total. The molecule has 114 valence electrons. The Morgan fingerprint density at radius 3 is 2.57 bits per heavy atom. The number of hydrogen-bond acceptors (Lipinski definition) is 4. The third kappa shape index (κ3) is 3.82. The smallest absolute Gasteiger partial charge is 0.164 e. The Bertz CT molecular complexity index is 569. The van der Waals surface area contributed by atoms with Gasteiger partial charge < -0.3 is 10.5 Å². The summed E-state index contributed by atoms with van der Waals surface area (Å²) in [5.74, 6) is 1.79. The number of ether oxygens (including phenoxy) is 1. The fourth-order valence-electron chi connectivity index (χ4n) is 2.51. The van der Waals surface area contributed by atoms with Crippen molar-refractivity contribution in [2.45, 2.75) is 46.8 Å². The Balaban J connectivity index is 2.11. The van der Waals surface area contributed by atoms with E-state index < -0.39 is 0 Å². The van der Waals surface area contributed by atoms with E-state index in [0.29, 0.717) is 13.2 Å². The zero-order valence-corrected chi connectivity index (χ0v) is 13.1.